The minimum atomic E-state index is -0.493. The van der Waals surface area contributed by atoms with Crippen molar-refractivity contribution in [3.05, 3.63) is 52.7 Å². The zero-order chi connectivity index (χ0) is 17.4. The summed E-state index contributed by atoms with van der Waals surface area (Å²) in [7, 11) is 3.92. The largest absolute Gasteiger partial charge is 0.477 e. The Kier molecular flexibility index (Phi) is 3.94. The molecule has 0 amide bonds. The summed E-state index contributed by atoms with van der Waals surface area (Å²) in [5, 5.41) is 9.66. The quantitative estimate of drug-likeness (QED) is 0.911. The summed E-state index contributed by atoms with van der Waals surface area (Å²) in [4.78, 5) is 16.0. The summed E-state index contributed by atoms with van der Waals surface area (Å²) < 4.78 is 5.66. The molecule has 2 aliphatic heterocycles. The van der Waals surface area contributed by atoms with Gasteiger partial charge < -0.3 is 15.4 Å². The molecule has 0 radical (unpaired) electrons. The topological polar surface area (TPSA) is 82.6 Å². The van der Waals surface area contributed by atoms with Gasteiger partial charge in [-0.3, -0.25) is 9.69 Å². The molecule has 0 spiro atoms. The van der Waals surface area contributed by atoms with Gasteiger partial charge in [0.1, 0.15) is 12.4 Å². The van der Waals surface area contributed by atoms with Crippen molar-refractivity contribution in [1.29, 1.82) is 5.26 Å². The van der Waals surface area contributed by atoms with Gasteiger partial charge in [-0.25, -0.2) is 0 Å². The van der Waals surface area contributed by atoms with Gasteiger partial charge in [-0.1, -0.05) is 12.1 Å². The minimum absolute atomic E-state index is 0.112. The molecule has 0 aliphatic carbocycles. The van der Waals surface area contributed by atoms with Crippen molar-refractivity contribution in [2.45, 2.75) is 12.8 Å². The van der Waals surface area contributed by atoms with Crippen LogP contribution in [0.25, 0.3) is 0 Å². The number of carbonyl (C=O) groups excluding carboxylic acids is 1. The number of carbonyl (C=O) groups is 1. The van der Waals surface area contributed by atoms with E-state index in [0.717, 1.165) is 11.3 Å². The number of hydrogen-bond acceptors (Lipinski definition) is 6. The Balaban J connectivity index is 2.16. The third kappa shape index (κ3) is 2.38. The molecule has 1 saturated heterocycles. The molecular formula is C18H20N4O2. The summed E-state index contributed by atoms with van der Waals surface area (Å²) in [5.74, 6) is 0.254. The molecule has 0 bridgehead atoms. The van der Waals surface area contributed by atoms with Gasteiger partial charge in [-0.05, 0) is 24.6 Å². The molecule has 2 aliphatic rings. The number of fused-ring (bicyclic) bond motifs is 1. The molecule has 1 unspecified atom stereocenters. The second-order valence-corrected chi connectivity index (χ2v) is 6.10. The van der Waals surface area contributed by atoms with E-state index in [0.29, 0.717) is 36.0 Å². The molecule has 6 heteroatoms. The van der Waals surface area contributed by atoms with E-state index < -0.39 is 5.92 Å². The van der Waals surface area contributed by atoms with E-state index in [1.54, 1.807) is 4.90 Å². The molecule has 6 nitrogen and oxygen atoms in total. The predicted octanol–water partition coefficient (Wildman–Crippen LogP) is 1.68. The summed E-state index contributed by atoms with van der Waals surface area (Å²) in [6.45, 7) is 2.51. The van der Waals surface area contributed by atoms with E-state index >= 15 is 0 Å². The van der Waals surface area contributed by atoms with E-state index in [1.165, 1.54) is 6.92 Å². The smallest absolute Gasteiger partial charge is 0.203 e. The maximum absolute atomic E-state index is 12.3. The van der Waals surface area contributed by atoms with Gasteiger partial charge in [0, 0.05) is 19.8 Å². The van der Waals surface area contributed by atoms with Crippen molar-refractivity contribution in [1.82, 2.24) is 4.90 Å². The van der Waals surface area contributed by atoms with Crippen LogP contribution in [-0.4, -0.2) is 37.9 Å². The lowest BCUT2D eigenvalue weighted by Crippen LogP contribution is -2.34. The molecule has 2 N–H and O–H groups in total. The molecule has 0 saturated carbocycles. The van der Waals surface area contributed by atoms with Gasteiger partial charge in [0.2, 0.25) is 5.88 Å². The zero-order valence-corrected chi connectivity index (χ0v) is 14.0. The number of allylic oxidation sites excluding steroid dienone is 2. The number of anilines is 1. The number of nitrogens with two attached hydrogens (primary N) is 1. The van der Waals surface area contributed by atoms with Gasteiger partial charge in [0.25, 0.3) is 0 Å². The maximum Gasteiger partial charge on any atom is 0.203 e. The fraction of sp³-hybridized carbons (Fsp3) is 0.333. The number of Topliss-reactive ketones (excluding diaryl/α,β-unsaturated/α-hetero) is 1. The molecule has 1 aromatic rings. The lowest BCUT2D eigenvalue weighted by Gasteiger charge is -2.31. The van der Waals surface area contributed by atoms with Crippen LogP contribution < -0.4 is 10.6 Å². The third-order valence-electron chi connectivity index (χ3n) is 4.42. The average Bonchev–Trinajstić information content (AvgIpc) is 3.04. The van der Waals surface area contributed by atoms with Gasteiger partial charge in [0.15, 0.2) is 5.78 Å². The van der Waals surface area contributed by atoms with Crippen LogP contribution in [0.1, 0.15) is 18.4 Å². The van der Waals surface area contributed by atoms with Crippen LogP contribution in [0.5, 0.6) is 0 Å². The molecule has 124 valence electrons. The Hall–Kier alpha value is -2.94. The number of benzene rings is 1. The molecule has 24 heavy (non-hydrogen) atoms. The highest BCUT2D eigenvalue weighted by Crippen LogP contribution is 2.42. The predicted molar refractivity (Wildman–Crippen MR) is 90.7 cm³/mol. The van der Waals surface area contributed by atoms with E-state index in [1.807, 2.05) is 43.3 Å². The van der Waals surface area contributed by atoms with Gasteiger partial charge in [-0.2, -0.15) is 5.26 Å². The van der Waals surface area contributed by atoms with E-state index in [9.17, 15) is 10.1 Å². The lowest BCUT2D eigenvalue weighted by molar-refractivity contribution is -0.114. The summed E-state index contributed by atoms with van der Waals surface area (Å²) in [5.41, 5.74) is 8.98. The number of nitrogens with zero attached hydrogens (tertiary/aromatic N) is 3. The fourth-order valence-electron chi connectivity index (χ4n) is 3.20. The summed E-state index contributed by atoms with van der Waals surface area (Å²) in [6.07, 6.45) is 0. The Morgan fingerprint density at radius 3 is 2.58 bits per heavy atom. The van der Waals surface area contributed by atoms with Crippen LogP contribution in [0.4, 0.5) is 5.69 Å². The highest BCUT2D eigenvalue weighted by molar-refractivity contribution is 5.97. The molecule has 1 atom stereocenters. The zero-order valence-electron chi connectivity index (χ0n) is 14.0. The number of nitriles is 1. The highest BCUT2D eigenvalue weighted by atomic mass is 16.5. The standard InChI is InChI=1S/C18H20N4O2/c1-11(23)15-16(12-4-6-13(7-5-12)21(2)3)14(10-19)17(20)22-8-9-24-18(15)22/h4-7,16H,8-9,20H2,1-3H3. The molecule has 1 aromatic carbocycles. The van der Waals surface area contributed by atoms with E-state index in [-0.39, 0.29) is 5.78 Å². The first-order valence-electron chi connectivity index (χ1n) is 7.78. The molecule has 3 rings (SSSR count). The Morgan fingerprint density at radius 2 is 2.04 bits per heavy atom. The van der Waals surface area contributed by atoms with Crippen molar-refractivity contribution in [3.8, 4) is 6.07 Å². The first-order valence-corrected chi connectivity index (χ1v) is 7.78. The van der Waals surface area contributed by atoms with Gasteiger partial charge in [-0.15, -0.1) is 0 Å². The molecular weight excluding hydrogens is 304 g/mol. The van der Waals surface area contributed by atoms with Gasteiger partial charge in [0.05, 0.1) is 29.7 Å². The molecule has 0 aromatic heterocycles. The Labute approximate surface area is 141 Å². The minimum Gasteiger partial charge on any atom is -0.477 e. The lowest BCUT2D eigenvalue weighted by atomic mass is 9.81. The summed E-state index contributed by atoms with van der Waals surface area (Å²) in [6, 6.07) is 9.98. The van der Waals surface area contributed by atoms with Crippen LogP contribution in [0, 0.1) is 11.3 Å². The monoisotopic (exact) mass is 324 g/mol. The van der Waals surface area contributed by atoms with E-state index in [2.05, 4.69) is 6.07 Å². The number of ketones is 1. The third-order valence-corrected chi connectivity index (χ3v) is 4.42. The number of rotatable bonds is 3. The SMILES string of the molecule is CC(=O)C1=C2OCCN2C(N)=C(C#N)C1c1ccc(N(C)C)cc1. The second-order valence-electron chi connectivity index (χ2n) is 6.10. The van der Waals surface area contributed by atoms with Crippen LogP contribution >= 0.6 is 0 Å². The maximum atomic E-state index is 12.3. The van der Waals surface area contributed by atoms with Crippen molar-refractivity contribution in [3.63, 3.8) is 0 Å². The Morgan fingerprint density at radius 1 is 1.38 bits per heavy atom. The van der Waals surface area contributed by atoms with Crippen LogP contribution in [0.3, 0.4) is 0 Å². The Bertz CT molecular complexity index is 784. The van der Waals surface area contributed by atoms with Crippen molar-refractivity contribution in [2.24, 2.45) is 5.73 Å². The first-order chi connectivity index (χ1) is 11.5. The molecule has 1 fully saturated rings. The summed E-state index contributed by atoms with van der Waals surface area (Å²) >= 11 is 0. The van der Waals surface area contributed by atoms with Crippen LogP contribution in [0.15, 0.2) is 47.1 Å². The first kappa shape index (κ1) is 15.9. The van der Waals surface area contributed by atoms with Crippen LogP contribution in [0.2, 0.25) is 0 Å². The molecule has 2 heterocycles. The van der Waals surface area contributed by atoms with Crippen molar-refractivity contribution >= 4 is 11.5 Å². The number of ether oxygens (including phenoxy) is 1. The number of hydrogen-bond donors (Lipinski definition) is 1. The van der Waals surface area contributed by atoms with E-state index in [4.69, 9.17) is 10.5 Å². The van der Waals surface area contributed by atoms with Crippen molar-refractivity contribution in [2.75, 3.05) is 32.1 Å². The highest BCUT2D eigenvalue weighted by Gasteiger charge is 2.40. The fourth-order valence-corrected chi connectivity index (χ4v) is 3.20. The normalized spacial score (nSPS) is 19.8. The second kappa shape index (κ2) is 5.93. The average molecular weight is 324 g/mol. The van der Waals surface area contributed by atoms with Crippen LogP contribution in [-0.2, 0) is 9.53 Å². The van der Waals surface area contributed by atoms with Crippen molar-refractivity contribution < 1.29 is 9.53 Å². The van der Waals surface area contributed by atoms with Gasteiger partial charge >= 0.3 is 0 Å².